The Kier molecular flexibility index (Phi) is 13.1. The zero-order chi connectivity index (χ0) is 44.1. The average molecular weight is 687 g/mol. The van der Waals surface area contributed by atoms with E-state index in [2.05, 4.69) is 5.32 Å². The van der Waals surface area contributed by atoms with E-state index in [0.29, 0.717) is 52.0 Å². The number of amides is 1. The van der Waals surface area contributed by atoms with Gasteiger partial charge in [-0.25, -0.2) is 4.79 Å². The van der Waals surface area contributed by atoms with Gasteiger partial charge in [0.1, 0.15) is 11.7 Å². The van der Waals surface area contributed by atoms with Crippen molar-refractivity contribution in [2.75, 3.05) is 32.8 Å². The normalized spacial score (nSPS) is 35.0. The van der Waals surface area contributed by atoms with E-state index in [1.807, 2.05) is 53.7 Å². The number of aliphatic hydroxyl groups excluding tert-OH is 2. The molecule has 1 amide bonds. The Labute approximate surface area is 297 Å². The summed E-state index contributed by atoms with van der Waals surface area (Å²) < 4.78 is 73.9. The largest absolute Gasteiger partial charge is 0.457 e. The van der Waals surface area contributed by atoms with Crippen LogP contribution in [0.5, 0.6) is 0 Å². The van der Waals surface area contributed by atoms with E-state index >= 15 is 0 Å². The van der Waals surface area contributed by atoms with E-state index in [0.717, 1.165) is 5.57 Å². The SMILES string of the molecule is C.CCO[C@]1(C)CC[C@@H](O)CC(=O)O[C@H](/C(C)=C/C=C/[C@](C)(O)C[C@H]2O[C@@H]2[C@H](C)[C@@H](O)CC)[C@@H](C)/C=C/[C@@H]1OC(=O)N1CCNCC1.[2H][2H].[2H][2H].[2H][2H].[2H][2H].[2H][2H]. The highest BCUT2D eigenvalue weighted by Gasteiger charge is 2.47. The third-order valence-corrected chi connectivity index (χ3v) is 9.42. The lowest BCUT2D eigenvalue weighted by Gasteiger charge is -2.38. The van der Waals surface area contributed by atoms with E-state index < -0.39 is 47.7 Å². The first-order chi connectivity index (χ1) is 26.7. The van der Waals surface area contributed by atoms with E-state index in [-0.39, 0.29) is 44.3 Å². The fraction of sp³-hybridized carbons (Fsp3) is 0.778. The van der Waals surface area contributed by atoms with Crippen molar-refractivity contribution in [1.82, 2.24) is 10.2 Å². The van der Waals surface area contributed by atoms with Gasteiger partial charge in [0.05, 0.1) is 36.4 Å². The van der Waals surface area contributed by atoms with Crippen LogP contribution in [-0.4, -0.2) is 113 Å². The molecule has 10 atom stereocenters. The summed E-state index contributed by atoms with van der Waals surface area (Å²) >= 11 is 0. The maximum Gasteiger partial charge on any atom is 0.410 e. The third-order valence-electron chi connectivity index (χ3n) is 9.42. The number of ether oxygens (including phenoxy) is 4. The molecular weight excluding hydrogens is 604 g/mol. The van der Waals surface area contributed by atoms with Crippen molar-refractivity contribution in [3.63, 3.8) is 0 Å². The van der Waals surface area contributed by atoms with Gasteiger partial charge in [0.25, 0.3) is 0 Å². The smallest absolute Gasteiger partial charge is 0.410 e. The Hall–Kier alpha value is -2.28. The van der Waals surface area contributed by atoms with Gasteiger partial charge in [-0.3, -0.25) is 4.79 Å². The van der Waals surface area contributed by atoms with Crippen LogP contribution in [0.3, 0.4) is 0 Å². The van der Waals surface area contributed by atoms with Crippen molar-refractivity contribution < 1.29 is 58.7 Å². The van der Waals surface area contributed by atoms with E-state index in [4.69, 9.17) is 33.8 Å². The van der Waals surface area contributed by atoms with Crippen LogP contribution >= 0.6 is 0 Å². The number of nitrogens with zero attached hydrogens (tertiary/aromatic N) is 1. The van der Waals surface area contributed by atoms with Crippen LogP contribution in [-0.2, 0) is 23.7 Å². The minimum absolute atomic E-state index is 0. The van der Waals surface area contributed by atoms with Crippen LogP contribution in [0.15, 0.2) is 36.0 Å². The number of epoxide rings is 1. The van der Waals surface area contributed by atoms with Gasteiger partial charge in [-0.15, -0.1) is 0 Å². The minimum Gasteiger partial charge on any atom is -0.457 e. The quantitative estimate of drug-likeness (QED) is 0.0947. The molecule has 3 aliphatic heterocycles. The van der Waals surface area contributed by atoms with Crippen LogP contribution in [0, 0.1) is 11.8 Å². The van der Waals surface area contributed by atoms with Gasteiger partial charge in [-0.05, 0) is 58.6 Å². The van der Waals surface area contributed by atoms with Gasteiger partial charge in [0.15, 0.2) is 6.10 Å². The molecule has 11 nitrogen and oxygen atoms in total. The van der Waals surface area contributed by atoms with Crippen molar-refractivity contribution in [3.05, 3.63) is 36.0 Å². The predicted octanol–water partition coefficient (Wildman–Crippen LogP) is 5.53. The highest BCUT2D eigenvalue weighted by Crippen LogP contribution is 2.37. The Morgan fingerprint density at radius 3 is 2.64 bits per heavy atom. The van der Waals surface area contributed by atoms with Gasteiger partial charge in [0, 0.05) is 65.9 Å². The molecule has 0 aromatic carbocycles. The first-order valence-electron chi connectivity index (χ1n) is 22.0. The number of nitrogens with one attached hydrogen (secondary N) is 1. The zero-order valence-electron chi connectivity index (χ0n) is 38.8. The van der Waals surface area contributed by atoms with Crippen LogP contribution in [0.2, 0.25) is 0 Å². The molecule has 0 unspecified atom stereocenters. The molecule has 0 radical (unpaired) electrons. The standard InChI is InChI=1S/C35H58N2O9.CH4.5H2/c1-8-27(39)25(5)32-28(44-32)22-34(6,42)15-10-11-23(3)31-24(4)12-13-29(45-33(41)37-19-17-36-18-20-37)35(7,43-9-2)16-14-26(38)21-30(40)46-31;;;;;;/h10-13,15,24-29,31-32,36,38-39,42H,8-9,14,16-22H2,1-7H3;1H4;5*1H/b13-12+,15-10+,23-11+;;;;;;/t24-,25+,26+,27-,28+,29-,31+,32+,34-,35+;;;;;;/m0....../s1/i;;5*1+1D. The maximum atomic E-state index is 13.2. The number of aliphatic hydroxyl groups is 3. The lowest BCUT2D eigenvalue weighted by Crippen LogP contribution is -2.50. The Balaban J connectivity index is -0.00000118. The second kappa shape index (κ2) is 18.5. The number of carbonyl (C=O) groups is 2. The van der Waals surface area contributed by atoms with Crippen LogP contribution in [0.25, 0.3) is 0 Å². The fourth-order valence-corrected chi connectivity index (χ4v) is 6.31. The number of hydrogen-bond donors (Lipinski definition) is 4. The molecular formula is C36H72N2O9. The van der Waals surface area contributed by atoms with E-state index in [9.17, 15) is 24.9 Å². The van der Waals surface area contributed by atoms with Gasteiger partial charge in [-0.1, -0.05) is 52.5 Å². The highest BCUT2D eigenvalue weighted by molar-refractivity contribution is 5.70. The number of rotatable bonds is 11. The van der Waals surface area contributed by atoms with Crippen LogP contribution in [0.1, 0.15) is 103 Å². The summed E-state index contributed by atoms with van der Waals surface area (Å²) in [6.45, 7) is 16.0. The number of cyclic esters (lactones) is 1. The number of esters is 1. The number of hydrogen-bond acceptors (Lipinski definition) is 10. The molecule has 3 rings (SSSR count). The van der Waals surface area contributed by atoms with Crippen molar-refractivity contribution in [1.29, 1.82) is 0 Å². The number of allylic oxidation sites excluding steroid dienone is 2. The summed E-state index contributed by atoms with van der Waals surface area (Å²) in [6.07, 6.45) is 7.02. The molecule has 0 aromatic heterocycles. The van der Waals surface area contributed by atoms with Crippen molar-refractivity contribution in [2.24, 2.45) is 11.8 Å². The zero-order valence-corrected chi connectivity index (χ0v) is 28.8. The molecule has 3 aliphatic rings. The van der Waals surface area contributed by atoms with Crippen molar-refractivity contribution >= 4 is 12.1 Å². The van der Waals surface area contributed by atoms with Crippen molar-refractivity contribution in [2.45, 2.75) is 136 Å². The van der Waals surface area contributed by atoms with Gasteiger partial charge in [0.2, 0.25) is 0 Å². The third kappa shape index (κ3) is 12.3. The first-order valence-corrected chi connectivity index (χ1v) is 17.0. The van der Waals surface area contributed by atoms with Crippen LogP contribution < -0.4 is 5.32 Å². The Morgan fingerprint density at radius 2 is 2.00 bits per heavy atom. The number of piperazine rings is 1. The fourth-order valence-electron chi connectivity index (χ4n) is 6.31. The van der Waals surface area contributed by atoms with E-state index in [1.165, 1.54) is 0 Å². The maximum absolute atomic E-state index is 13.2. The van der Waals surface area contributed by atoms with Gasteiger partial charge < -0.3 is 44.5 Å². The summed E-state index contributed by atoms with van der Waals surface area (Å²) in [5.41, 5.74) is -1.33. The van der Waals surface area contributed by atoms with E-state index in [1.54, 1.807) is 30.1 Å². The Bertz CT molecular complexity index is 1120. The molecule has 11 heteroatoms. The average Bonchev–Trinajstić information content (AvgIpc) is 3.98. The summed E-state index contributed by atoms with van der Waals surface area (Å²) in [6, 6.07) is 0. The topological polar surface area (TPSA) is 150 Å². The van der Waals surface area contributed by atoms with Gasteiger partial charge >= 0.3 is 12.1 Å². The summed E-state index contributed by atoms with van der Waals surface area (Å²) in [5, 5.41) is 35.2. The molecule has 0 saturated carbocycles. The molecule has 3 heterocycles. The monoisotopic (exact) mass is 687 g/mol. The van der Waals surface area contributed by atoms with Crippen molar-refractivity contribution in [3.8, 4) is 0 Å². The molecule has 47 heavy (non-hydrogen) atoms. The van der Waals surface area contributed by atoms with Crippen LogP contribution in [0.4, 0.5) is 4.79 Å². The summed E-state index contributed by atoms with van der Waals surface area (Å²) in [4.78, 5) is 27.8. The molecule has 280 valence electrons. The summed E-state index contributed by atoms with van der Waals surface area (Å²) in [7, 11) is 0. The minimum atomic E-state index is -1.14. The predicted molar refractivity (Wildman–Crippen MR) is 192 cm³/mol. The molecule has 0 bridgehead atoms. The summed E-state index contributed by atoms with van der Waals surface area (Å²) in [5.74, 6) is -0.830. The highest BCUT2D eigenvalue weighted by atomic mass is 16.6. The van der Waals surface area contributed by atoms with Gasteiger partial charge in [-0.2, -0.15) is 0 Å². The lowest BCUT2D eigenvalue weighted by molar-refractivity contribution is -0.152. The molecule has 0 aromatic rings. The lowest BCUT2D eigenvalue weighted by atomic mass is 9.88. The molecule has 0 aliphatic carbocycles. The molecule has 2 fully saturated rings. The molecule has 2 saturated heterocycles. The molecule has 4 N–H and O–H groups in total. The second-order valence-electron chi connectivity index (χ2n) is 13.6. The molecule has 0 spiro atoms. The first kappa shape index (κ1) is 33.2. The Morgan fingerprint density at radius 1 is 1.32 bits per heavy atom. The number of carbonyl (C=O) groups excluding carboxylic acids is 2. The second-order valence-corrected chi connectivity index (χ2v) is 13.6.